The van der Waals surface area contributed by atoms with Gasteiger partial charge in [-0.3, -0.25) is 4.90 Å². The number of rotatable bonds is 6. The van der Waals surface area contributed by atoms with E-state index in [0.717, 1.165) is 23.2 Å². The summed E-state index contributed by atoms with van der Waals surface area (Å²) in [6.07, 6.45) is 0. The minimum absolute atomic E-state index is 0.500. The molecule has 0 bridgehead atoms. The number of hydrogen-bond acceptors (Lipinski definition) is 5. The number of nitrogens with zero attached hydrogens (tertiary/aromatic N) is 3. The van der Waals surface area contributed by atoms with Crippen LogP contribution in [0, 0.1) is 0 Å². The Morgan fingerprint density at radius 3 is 2.46 bits per heavy atom. The molecule has 6 heteroatoms. The Kier molecular flexibility index (Phi) is 5.28. The molecule has 0 saturated carbocycles. The molecule has 142 valence electrons. The van der Waals surface area contributed by atoms with Crippen molar-refractivity contribution in [3.05, 3.63) is 77.1 Å². The summed E-state index contributed by atoms with van der Waals surface area (Å²) in [6.45, 7) is 1.35. The van der Waals surface area contributed by atoms with Gasteiger partial charge >= 0.3 is 0 Å². The summed E-state index contributed by atoms with van der Waals surface area (Å²) in [5, 5.41) is 11.3. The summed E-state index contributed by atoms with van der Waals surface area (Å²) < 4.78 is 11.1. The smallest absolute Gasteiger partial charge is 0.247 e. The summed E-state index contributed by atoms with van der Waals surface area (Å²) >= 11 is 5.92. The van der Waals surface area contributed by atoms with Gasteiger partial charge in [0.15, 0.2) is 0 Å². The van der Waals surface area contributed by atoms with E-state index in [4.69, 9.17) is 20.8 Å². The number of hydrogen-bond donors (Lipinski definition) is 0. The van der Waals surface area contributed by atoms with Gasteiger partial charge in [-0.05, 0) is 65.8 Å². The van der Waals surface area contributed by atoms with E-state index in [9.17, 15) is 0 Å². The van der Waals surface area contributed by atoms with E-state index in [1.807, 2.05) is 43.4 Å². The van der Waals surface area contributed by atoms with Gasteiger partial charge in [0, 0.05) is 17.1 Å². The van der Waals surface area contributed by atoms with Gasteiger partial charge in [0.25, 0.3) is 0 Å². The van der Waals surface area contributed by atoms with Gasteiger partial charge < -0.3 is 9.15 Å². The van der Waals surface area contributed by atoms with Crippen LogP contribution in [0.5, 0.6) is 5.75 Å². The topological polar surface area (TPSA) is 51.4 Å². The first-order valence-corrected chi connectivity index (χ1v) is 9.32. The number of methoxy groups -OCH3 is 1. The van der Waals surface area contributed by atoms with Crippen LogP contribution in [0.1, 0.15) is 11.5 Å². The Morgan fingerprint density at radius 1 is 0.929 bits per heavy atom. The van der Waals surface area contributed by atoms with Crippen LogP contribution < -0.4 is 4.74 Å². The molecule has 0 N–H and O–H groups in total. The lowest BCUT2D eigenvalue weighted by Crippen LogP contribution is -2.17. The normalized spacial score (nSPS) is 11.3. The first kappa shape index (κ1) is 18.5. The Morgan fingerprint density at radius 2 is 1.68 bits per heavy atom. The summed E-state index contributed by atoms with van der Waals surface area (Å²) in [5.41, 5.74) is 2.08. The molecule has 1 heterocycles. The molecule has 0 aliphatic heterocycles. The van der Waals surface area contributed by atoms with E-state index in [2.05, 4.69) is 39.4 Å². The van der Waals surface area contributed by atoms with Gasteiger partial charge in [0.1, 0.15) is 5.75 Å². The van der Waals surface area contributed by atoms with Crippen molar-refractivity contribution >= 4 is 22.4 Å². The molecule has 5 nitrogen and oxygen atoms in total. The molecule has 0 fully saturated rings. The van der Waals surface area contributed by atoms with E-state index >= 15 is 0 Å². The SMILES string of the molecule is COc1ccc2cc(CN(C)Cc3nnc(-c4ccc(Cl)cc4)o3)ccc2c1. The first-order chi connectivity index (χ1) is 13.6. The van der Waals surface area contributed by atoms with Crippen molar-refractivity contribution in [2.45, 2.75) is 13.1 Å². The quantitative estimate of drug-likeness (QED) is 0.451. The highest BCUT2D eigenvalue weighted by molar-refractivity contribution is 6.30. The summed E-state index contributed by atoms with van der Waals surface area (Å²) in [6, 6.07) is 19.9. The summed E-state index contributed by atoms with van der Waals surface area (Å²) in [4.78, 5) is 2.14. The summed E-state index contributed by atoms with van der Waals surface area (Å²) in [5.74, 6) is 1.95. The molecule has 0 radical (unpaired) electrons. The second-order valence-corrected chi connectivity index (χ2v) is 7.16. The molecule has 0 saturated heterocycles. The highest BCUT2D eigenvalue weighted by Crippen LogP contribution is 2.23. The maximum absolute atomic E-state index is 5.92. The first-order valence-electron chi connectivity index (χ1n) is 8.94. The fraction of sp³-hybridized carbons (Fsp3) is 0.182. The van der Waals surface area contributed by atoms with Crippen LogP contribution in [0.2, 0.25) is 5.02 Å². The monoisotopic (exact) mass is 393 g/mol. The number of fused-ring (bicyclic) bond motifs is 1. The molecule has 1 aromatic heterocycles. The molecule has 4 rings (SSSR count). The molecule has 4 aromatic rings. The molecule has 0 spiro atoms. The minimum atomic E-state index is 0.500. The van der Waals surface area contributed by atoms with Crippen molar-refractivity contribution in [1.29, 1.82) is 0 Å². The largest absolute Gasteiger partial charge is 0.497 e. The maximum atomic E-state index is 5.92. The second kappa shape index (κ2) is 8.00. The minimum Gasteiger partial charge on any atom is -0.497 e. The van der Waals surface area contributed by atoms with Crippen LogP contribution in [-0.2, 0) is 13.1 Å². The predicted octanol–water partition coefficient (Wildman–Crippen LogP) is 5.18. The molecular weight excluding hydrogens is 374 g/mol. The number of halogens is 1. The van der Waals surface area contributed by atoms with Gasteiger partial charge in [0.05, 0.1) is 13.7 Å². The molecule has 0 atom stereocenters. The van der Waals surface area contributed by atoms with E-state index in [-0.39, 0.29) is 0 Å². The molecule has 3 aromatic carbocycles. The van der Waals surface area contributed by atoms with Crippen molar-refractivity contribution in [2.75, 3.05) is 14.2 Å². The third-order valence-electron chi connectivity index (χ3n) is 4.53. The van der Waals surface area contributed by atoms with Crippen LogP contribution in [0.4, 0.5) is 0 Å². The Bertz CT molecular complexity index is 1090. The standard InChI is InChI=1S/C22H20ClN3O2/c1-26(13-15-3-4-18-12-20(27-2)10-7-17(18)11-15)14-21-24-25-22(28-21)16-5-8-19(23)9-6-16/h3-12H,13-14H2,1-2H3. The van der Waals surface area contributed by atoms with E-state index in [1.54, 1.807) is 7.11 Å². The maximum Gasteiger partial charge on any atom is 0.247 e. The average molecular weight is 394 g/mol. The fourth-order valence-electron chi connectivity index (χ4n) is 3.12. The van der Waals surface area contributed by atoms with Crippen molar-refractivity contribution in [1.82, 2.24) is 15.1 Å². The molecule has 28 heavy (non-hydrogen) atoms. The molecule has 0 aliphatic carbocycles. The van der Waals surface area contributed by atoms with Crippen LogP contribution in [0.25, 0.3) is 22.2 Å². The molecule has 0 aliphatic rings. The Hall–Kier alpha value is -2.89. The van der Waals surface area contributed by atoms with Crippen molar-refractivity contribution in [3.8, 4) is 17.2 Å². The van der Waals surface area contributed by atoms with Crippen molar-refractivity contribution in [2.24, 2.45) is 0 Å². The average Bonchev–Trinajstić information content (AvgIpc) is 3.16. The lowest BCUT2D eigenvalue weighted by atomic mass is 10.1. The second-order valence-electron chi connectivity index (χ2n) is 6.73. The fourth-order valence-corrected chi connectivity index (χ4v) is 3.25. The van der Waals surface area contributed by atoms with E-state index in [1.165, 1.54) is 10.9 Å². The lowest BCUT2D eigenvalue weighted by molar-refractivity contribution is 0.283. The molecule has 0 amide bonds. The Labute approximate surface area is 168 Å². The van der Waals surface area contributed by atoms with E-state index < -0.39 is 0 Å². The van der Waals surface area contributed by atoms with Gasteiger partial charge in [0.2, 0.25) is 11.8 Å². The van der Waals surface area contributed by atoms with E-state index in [0.29, 0.717) is 23.3 Å². The van der Waals surface area contributed by atoms with Gasteiger partial charge in [-0.25, -0.2) is 0 Å². The predicted molar refractivity (Wildman–Crippen MR) is 110 cm³/mol. The van der Waals surface area contributed by atoms with Crippen LogP contribution >= 0.6 is 11.6 Å². The van der Waals surface area contributed by atoms with Crippen LogP contribution in [0.15, 0.2) is 65.1 Å². The van der Waals surface area contributed by atoms with Gasteiger partial charge in [-0.1, -0.05) is 29.8 Å². The number of aromatic nitrogens is 2. The number of ether oxygens (including phenoxy) is 1. The zero-order valence-corrected chi connectivity index (χ0v) is 16.5. The Balaban J connectivity index is 1.43. The molecule has 0 unspecified atom stereocenters. The van der Waals surface area contributed by atoms with Crippen LogP contribution in [0.3, 0.4) is 0 Å². The van der Waals surface area contributed by atoms with Crippen molar-refractivity contribution in [3.63, 3.8) is 0 Å². The van der Waals surface area contributed by atoms with Gasteiger partial charge in [-0.15, -0.1) is 10.2 Å². The highest BCUT2D eigenvalue weighted by atomic mass is 35.5. The van der Waals surface area contributed by atoms with Crippen LogP contribution in [-0.4, -0.2) is 29.3 Å². The van der Waals surface area contributed by atoms with Gasteiger partial charge in [-0.2, -0.15) is 0 Å². The zero-order valence-electron chi connectivity index (χ0n) is 15.7. The lowest BCUT2D eigenvalue weighted by Gasteiger charge is -2.15. The third kappa shape index (κ3) is 4.16. The van der Waals surface area contributed by atoms with Crippen molar-refractivity contribution < 1.29 is 9.15 Å². The summed E-state index contributed by atoms with van der Waals surface area (Å²) in [7, 11) is 3.71. The zero-order chi connectivity index (χ0) is 19.5. The highest BCUT2D eigenvalue weighted by Gasteiger charge is 2.11. The number of benzene rings is 3. The third-order valence-corrected chi connectivity index (χ3v) is 4.78. The molecular formula is C22H20ClN3O2.